The van der Waals surface area contributed by atoms with Crippen LogP contribution in [0.4, 0.5) is 19.0 Å². The van der Waals surface area contributed by atoms with Crippen LogP contribution in [0.2, 0.25) is 0 Å². The second-order valence-corrected chi connectivity index (χ2v) is 6.83. The van der Waals surface area contributed by atoms with Gasteiger partial charge in [0.05, 0.1) is 5.92 Å². The smallest absolute Gasteiger partial charge is 0.391 e. The Morgan fingerprint density at radius 2 is 1.74 bits per heavy atom. The van der Waals surface area contributed by atoms with Gasteiger partial charge in [0.25, 0.3) is 5.88 Å². The van der Waals surface area contributed by atoms with Crippen LogP contribution in [-0.2, 0) is 4.79 Å². The van der Waals surface area contributed by atoms with Gasteiger partial charge >= 0.3 is 6.18 Å². The highest BCUT2D eigenvalue weighted by atomic mass is 19.4. The number of amides is 1. The van der Waals surface area contributed by atoms with E-state index in [1.807, 2.05) is 4.90 Å². The first-order chi connectivity index (χ1) is 12.9. The average Bonchev–Trinajstić information content (AvgIpc) is 2.68. The van der Waals surface area contributed by atoms with Gasteiger partial charge < -0.3 is 14.5 Å². The molecule has 0 N–H and O–H groups in total. The Bertz CT molecular complexity index is 667. The molecule has 27 heavy (non-hydrogen) atoms. The lowest BCUT2D eigenvalue weighted by atomic mass is 9.87. The lowest BCUT2D eigenvalue weighted by Gasteiger charge is -2.36. The van der Waals surface area contributed by atoms with Gasteiger partial charge in [-0.05, 0) is 31.8 Å². The summed E-state index contributed by atoms with van der Waals surface area (Å²) < 4.78 is 44.4. The molecule has 0 bridgehead atoms. The lowest BCUT2D eigenvalue weighted by Crippen LogP contribution is -2.48. The van der Waals surface area contributed by atoms with Crippen LogP contribution in [0.25, 0.3) is 0 Å². The number of halogens is 3. The van der Waals surface area contributed by atoms with Crippen molar-refractivity contribution in [3.8, 4) is 5.88 Å². The summed E-state index contributed by atoms with van der Waals surface area (Å²) in [5.74, 6) is -0.432. The van der Waals surface area contributed by atoms with Gasteiger partial charge in [0.2, 0.25) is 5.91 Å². The van der Waals surface area contributed by atoms with Crippen molar-refractivity contribution in [1.82, 2.24) is 14.9 Å². The Labute approximate surface area is 156 Å². The fraction of sp³-hybridized carbons (Fsp3) is 0.611. The van der Waals surface area contributed by atoms with Gasteiger partial charge in [0, 0.05) is 38.6 Å². The second kappa shape index (κ2) is 8.14. The van der Waals surface area contributed by atoms with E-state index in [1.165, 1.54) is 12.3 Å². The Kier molecular flexibility index (Phi) is 5.86. The summed E-state index contributed by atoms with van der Waals surface area (Å²) in [6.45, 7) is 5.73. The zero-order valence-electron chi connectivity index (χ0n) is 15.0. The minimum absolute atomic E-state index is 0.0755. The summed E-state index contributed by atoms with van der Waals surface area (Å²) in [5.41, 5.74) is 0. The molecule has 2 heterocycles. The fourth-order valence-electron chi connectivity index (χ4n) is 3.55. The summed E-state index contributed by atoms with van der Waals surface area (Å²) in [5, 5.41) is 0. The molecule has 1 saturated heterocycles. The summed E-state index contributed by atoms with van der Waals surface area (Å²) in [4.78, 5) is 24.0. The van der Waals surface area contributed by atoms with Crippen molar-refractivity contribution in [3.63, 3.8) is 0 Å². The summed E-state index contributed by atoms with van der Waals surface area (Å²) in [6, 6.07) is 0. The quantitative estimate of drug-likeness (QED) is 0.748. The first kappa shape index (κ1) is 19.4. The van der Waals surface area contributed by atoms with E-state index in [4.69, 9.17) is 4.74 Å². The number of ether oxygens (including phenoxy) is 1. The molecule has 1 aromatic heterocycles. The standard InChI is InChI=1S/C18H23F3N4O2/c1-2-15(26)24-9-11-25(12-10-24)16-17(23-8-7-22-16)27-14-5-3-13(4-6-14)18(19,20)21/h2,7-8,13-14H,1,3-6,9-12H2. The normalized spacial score (nSPS) is 23.8. The van der Waals surface area contributed by atoms with Gasteiger partial charge in [-0.15, -0.1) is 0 Å². The van der Waals surface area contributed by atoms with E-state index in [0.29, 0.717) is 50.7 Å². The molecule has 1 aliphatic carbocycles. The maximum absolute atomic E-state index is 12.8. The van der Waals surface area contributed by atoms with Crippen LogP contribution >= 0.6 is 0 Å². The molecule has 2 fully saturated rings. The molecule has 9 heteroatoms. The topological polar surface area (TPSA) is 58.6 Å². The third kappa shape index (κ3) is 4.70. The van der Waals surface area contributed by atoms with E-state index in [9.17, 15) is 18.0 Å². The van der Waals surface area contributed by atoms with Crippen LogP contribution in [-0.4, -0.2) is 59.2 Å². The fourth-order valence-corrected chi connectivity index (χ4v) is 3.55. The van der Waals surface area contributed by atoms with Crippen LogP contribution in [0.3, 0.4) is 0 Å². The van der Waals surface area contributed by atoms with E-state index < -0.39 is 12.1 Å². The van der Waals surface area contributed by atoms with Gasteiger partial charge in [-0.1, -0.05) is 6.58 Å². The van der Waals surface area contributed by atoms with Crippen molar-refractivity contribution in [2.45, 2.75) is 38.0 Å². The van der Waals surface area contributed by atoms with Gasteiger partial charge in [-0.25, -0.2) is 9.97 Å². The van der Waals surface area contributed by atoms with Gasteiger partial charge in [0.1, 0.15) is 6.10 Å². The van der Waals surface area contributed by atoms with Crippen molar-refractivity contribution in [3.05, 3.63) is 25.0 Å². The third-order valence-corrected chi connectivity index (χ3v) is 5.13. The van der Waals surface area contributed by atoms with Gasteiger partial charge in [0.15, 0.2) is 5.82 Å². The van der Waals surface area contributed by atoms with Crippen LogP contribution in [0.1, 0.15) is 25.7 Å². The predicted octanol–water partition coefficient (Wildman–Crippen LogP) is 2.81. The maximum Gasteiger partial charge on any atom is 0.391 e. The Balaban J connectivity index is 1.61. The molecule has 0 spiro atoms. The van der Waals surface area contributed by atoms with E-state index in [0.717, 1.165) is 0 Å². The minimum atomic E-state index is -4.13. The number of anilines is 1. The van der Waals surface area contributed by atoms with E-state index in [-0.39, 0.29) is 24.9 Å². The molecular formula is C18H23F3N4O2. The number of alkyl halides is 3. The second-order valence-electron chi connectivity index (χ2n) is 6.83. The van der Waals surface area contributed by atoms with E-state index >= 15 is 0 Å². The average molecular weight is 384 g/mol. The minimum Gasteiger partial charge on any atom is -0.472 e. The first-order valence-corrected chi connectivity index (χ1v) is 9.09. The summed E-state index contributed by atoms with van der Waals surface area (Å²) in [7, 11) is 0. The first-order valence-electron chi connectivity index (χ1n) is 9.09. The Hall–Kier alpha value is -2.32. The number of rotatable bonds is 4. The molecule has 1 aliphatic heterocycles. The number of hydrogen-bond acceptors (Lipinski definition) is 5. The highest BCUT2D eigenvalue weighted by Crippen LogP contribution is 2.39. The highest BCUT2D eigenvalue weighted by Gasteiger charge is 2.42. The molecule has 3 rings (SSSR count). The monoisotopic (exact) mass is 384 g/mol. The summed E-state index contributed by atoms with van der Waals surface area (Å²) in [6.07, 6.45) is 0.793. The molecular weight excluding hydrogens is 361 g/mol. The maximum atomic E-state index is 12.8. The molecule has 1 aromatic rings. The van der Waals surface area contributed by atoms with Crippen molar-refractivity contribution < 1.29 is 22.7 Å². The number of piperazine rings is 1. The Morgan fingerprint density at radius 1 is 1.11 bits per heavy atom. The van der Waals surface area contributed by atoms with Gasteiger partial charge in [-0.2, -0.15) is 13.2 Å². The number of hydrogen-bond donors (Lipinski definition) is 0. The highest BCUT2D eigenvalue weighted by molar-refractivity contribution is 5.87. The molecule has 148 valence electrons. The zero-order valence-corrected chi connectivity index (χ0v) is 15.0. The van der Waals surface area contributed by atoms with Crippen LogP contribution < -0.4 is 9.64 Å². The Morgan fingerprint density at radius 3 is 2.33 bits per heavy atom. The largest absolute Gasteiger partial charge is 0.472 e. The SMILES string of the molecule is C=CC(=O)N1CCN(c2nccnc2OC2CCC(C(F)(F)F)CC2)CC1. The molecule has 0 aromatic carbocycles. The number of carbonyl (C=O) groups excluding carboxylic acids is 1. The van der Waals surface area contributed by atoms with Crippen molar-refractivity contribution >= 4 is 11.7 Å². The van der Waals surface area contributed by atoms with Crippen molar-refractivity contribution in [2.75, 3.05) is 31.1 Å². The van der Waals surface area contributed by atoms with E-state index in [1.54, 1.807) is 11.1 Å². The molecule has 0 unspecified atom stereocenters. The molecule has 2 aliphatic rings. The number of aromatic nitrogens is 2. The molecule has 0 radical (unpaired) electrons. The van der Waals surface area contributed by atoms with Crippen molar-refractivity contribution in [1.29, 1.82) is 0 Å². The van der Waals surface area contributed by atoms with Gasteiger partial charge in [-0.3, -0.25) is 4.79 Å². The predicted molar refractivity (Wildman–Crippen MR) is 93.5 cm³/mol. The molecule has 6 nitrogen and oxygen atoms in total. The van der Waals surface area contributed by atoms with E-state index in [2.05, 4.69) is 16.5 Å². The van der Waals surface area contributed by atoms with Crippen molar-refractivity contribution in [2.24, 2.45) is 5.92 Å². The molecule has 0 atom stereocenters. The number of nitrogens with zero attached hydrogens (tertiary/aromatic N) is 4. The van der Waals surface area contributed by atoms with Crippen LogP contribution in [0.5, 0.6) is 5.88 Å². The zero-order chi connectivity index (χ0) is 19.4. The third-order valence-electron chi connectivity index (χ3n) is 5.13. The van der Waals surface area contributed by atoms with Crippen LogP contribution in [0.15, 0.2) is 25.0 Å². The number of carbonyl (C=O) groups is 1. The lowest BCUT2D eigenvalue weighted by molar-refractivity contribution is -0.185. The van der Waals surface area contributed by atoms with Crippen LogP contribution in [0, 0.1) is 5.92 Å². The molecule has 1 saturated carbocycles. The molecule has 1 amide bonds. The summed E-state index contributed by atoms with van der Waals surface area (Å²) >= 11 is 0.